The largest absolute Gasteiger partial charge is 0.206 e. The van der Waals surface area contributed by atoms with Gasteiger partial charge in [0.2, 0.25) is 0 Å². The third kappa shape index (κ3) is 2.89. The Morgan fingerprint density at radius 2 is 1.67 bits per heavy atom. The first-order valence-electron chi connectivity index (χ1n) is 6.34. The van der Waals surface area contributed by atoms with E-state index in [0.717, 1.165) is 20.1 Å². The van der Waals surface area contributed by atoms with Gasteiger partial charge in [0.1, 0.15) is 5.82 Å². The average molecular weight is 431 g/mol. The zero-order valence-electron chi connectivity index (χ0n) is 10.8. The molecule has 0 bridgehead atoms. The molecular weight excluding hydrogens is 421 g/mol. The summed E-state index contributed by atoms with van der Waals surface area (Å²) in [5.41, 5.74) is 1.78. The summed E-state index contributed by atoms with van der Waals surface area (Å²) in [6.45, 7) is 0. The normalized spacial score (nSPS) is 12.6. The van der Waals surface area contributed by atoms with Crippen LogP contribution in [0.4, 0.5) is 4.39 Å². The van der Waals surface area contributed by atoms with Crippen LogP contribution in [0, 0.1) is 9.39 Å². The lowest BCUT2D eigenvalue weighted by atomic mass is 9.98. The number of hydrogen-bond donors (Lipinski definition) is 0. The minimum absolute atomic E-state index is 0.237. The van der Waals surface area contributed by atoms with Gasteiger partial charge in [-0.2, -0.15) is 0 Å². The molecule has 0 aliphatic rings. The van der Waals surface area contributed by atoms with Gasteiger partial charge >= 0.3 is 0 Å². The first-order chi connectivity index (χ1) is 10.1. The SMILES string of the molecule is Fc1ccc(C(Cl)c2ccc(I)c(Cl)c2)c2ccccc12. The highest BCUT2D eigenvalue weighted by Gasteiger charge is 2.16. The molecule has 1 unspecified atom stereocenters. The number of rotatable bonds is 2. The summed E-state index contributed by atoms with van der Waals surface area (Å²) in [5, 5.41) is 1.71. The van der Waals surface area contributed by atoms with Crippen molar-refractivity contribution in [1.82, 2.24) is 0 Å². The molecule has 21 heavy (non-hydrogen) atoms. The Hall–Kier alpha value is -0.840. The minimum Gasteiger partial charge on any atom is -0.206 e. The molecule has 0 nitrogen and oxygen atoms in total. The quantitative estimate of drug-likeness (QED) is 0.318. The average Bonchev–Trinajstić information content (AvgIpc) is 2.50. The van der Waals surface area contributed by atoms with Crippen molar-refractivity contribution in [2.45, 2.75) is 5.38 Å². The molecule has 3 rings (SSSR count). The second-order valence-electron chi connectivity index (χ2n) is 4.72. The van der Waals surface area contributed by atoms with Crippen molar-refractivity contribution >= 4 is 56.6 Å². The maximum atomic E-state index is 13.9. The van der Waals surface area contributed by atoms with E-state index < -0.39 is 0 Å². The van der Waals surface area contributed by atoms with E-state index in [4.69, 9.17) is 23.2 Å². The van der Waals surface area contributed by atoms with Gasteiger partial charge in [0, 0.05) is 8.96 Å². The Kier molecular flexibility index (Phi) is 4.38. The van der Waals surface area contributed by atoms with E-state index in [1.165, 1.54) is 6.07 Å². The van der Waals surface area contributed by atoms with E-state index in [1.807, 2.05) is 36.4 Å². The molecule has 0 saturated carbocycles. The molecule has 3 aromatic carbocycles. The highest BCUT2D eigenvalue weighted by Crippen LogP contribution is 2.36. The summed E-state index contributed by atoms with van der Waals surface area (Å²) < 4.78 is 14.9. The van der Waals surface area contributed by atoms with Crippen LogP contribution >= 0.6 is 45.8 Å². The molecule has 0 spiro atoms. The number of benzene rings is 3. The lowest BCUT2D eigenvalue weighted by molar-refractivity contribution is 0.639. The van der Waals surface area contributed by atoms with Crippen LogP contribution < -0.4 is 0 Å². The zero-order chi connectivity index (χ0) is 15.0. The van der Waals surface area contributed by atoms with Crippen LogP contribution in [0.2, 0.25) is 5.02 Å². The molecule has 0 amide bonds. The second kappa shape index (κ2) is 6.11. The van der Waals surface area contributed by atoms with Gasteiger partial charge in [-0.1, -0.05) is 48.0 Å². The minimum atomic E-state index is -0.370. The van der Waals surface area contributed by atoms with E-state index in [-0.39, 0.29) is 11.2 Å². The Morgan fingerprint density at radius 3 is 2.38 bits per heavy atom. The molecule has 0 radical (unpaired) electrons. The summed E-state index contributed by atoms with van der Waals surface area (Å²) >= 11 is 14.9. The molecule has 0 aliphatic carbocycles. The van der Waals surface area contributed by atoms with Crippen molar-refractivity contribution in [2.24, 2.45) is 0 Å². The van der Waals surface area contributed by atoms with Crippen LogP contribution in [0.15, 0.2) is 54.6 Å². The Labute approximate surface area is 146 Å². The van der Waals surface area contributed by atoms with E-state index in [1.54, 1.807) is 12.1 Å². The van der Waals surface area contributed by atoms with Gasteiger partial charge in [-0.05, 0) is 57.3 Å². The van der Waals surface area contributed by atoms with Crippen molar-refractivity contribution in [1.29, 1.82) is 0 Å². The van der Waals surface area contributed by atoms with Crippen LogP contribution in [0.3, 0.4) is 0 Å². The number of alkyl halides is 1. The van der Waals surface area contributed by atoms with Gasteiger partial charge in [0.25, 0.3) is 0 Å². The fourth-order valence-electron chi connectivity index (χ4n) is 2.36. The molecule has 3 aromatic rings. The van der Waals surface area contributed by atoms with Gasteiger partial charge in [0.15, 0.2) is 0 Å². The lowest BCUT2D eigenvalue weighted by Crippen LogP contribution is -1.96. The van der Waals surface area contributed by atoms with Crippen molar-refractivity contribution < 1.29 is 4.39 Å². The Balaban J connectivity index is 2.15. The molecule has 0 aromatic heterocycles. The monoisotopic (exact) mass is 430 g/mol. The standard InChI is InChI=1S/C17H10Cl2FI/c18-14-9-10(5-8-16(14)21)17(19)13-6-7-15(20)12-4-2-1-3-11(12)13/h1-9,17H. The van der Waals surface area contributed by atoms with Crippen LogP contribution in [0.25, 0.3) is 10.8 Å². The molecule has 106 valence electrons. The third-order valence-corrected chi connectivity index (χ3v) is 5.47. The van der Waals surface area contributed by atoms with Crippen LogP contribution in [0.1, 0.15) is 16.5 Å². The van der Waals surface area contributed by atoms with Crippen molar-refractivity contribution in [2.75, 3.05) is 0 Å². The summed E-state index contributed by atoms with van der Waals surface area (Å²) in [7, 11) is 0. The maximum absolute atomic E-state index is 13.9. The fraction of sp³-hybridized carbons (Fsp3) is 0.0588. The molecule has 1 atom stereocenters. The van der Waals surface area contributed by atoms with Gasteiger partial charge in [-0.25, -0.2) is 4.39 Å². The first-order valence-corrected chi connectivity index (χ1v) is 8.23. The number of hydrogen-bond acceptors (Lipinski definition) is 0. The summed E-state index contributed by atoms with van der Waals surface area (Å²) in [5.74, 6) is -0.237. The van der Waals surface area contributed by atoms with Crippen molar-refractivity contribution in [3.8, 4) is 0 Å². The molecule has 0 saturated heterocycles. The lowest BCUT2D eigenvalue weighted by Gasteiger charge is -2.14. The molecule has 0 N–H and O–H groups in total. The van der Waals surface area contributed by atoms with Crippen molar-refractivity contribution in [3.63, 3.8) is 0 Å². The zero-order valence-corrected chi connectivity index (χ0v) is 14.5. The fourth-order valence-corrected chi connectivity index (χ4v) is 3.21. The van der Waals surface area contributed by atoms with Crippen molar-refractivity contribution in [3.05, 3.63) is 80.1 Å². The highest BCUT2D eigenvalue weighted by molar-refractivity contribution is 14.1. The maximum Gasteiger partial charge on any atom is 0.131 e. The summed E-state index contributed by atoms with van der Waals surface area (Å²) in [4.78, 5) is 0. The Morgan fingerprint density at radius 1 is 0.952 bits per heavy atom. The van der Waals surface area contributed by atoms with Gasteiger partial charge in [0.05, 0.1) is 10.4 Å². The smallest absolute Gasteiger partial charge is 0.131 e. The summed E-state index contributed by atoms with van der Waals surface area (Å²) in [6, 6.07) is 16.3. The molecule has 0 heterocycles. The topological polar surface area (TPSA) is 0 Å². The third-order valence-electron chi connectivity index (χ3n) is 3.41. The van der Waals surface area contributed by atoms with Gasteiger partial charge in [-0.3, -0.25) is 0 Å². The first kappa shape index (κ1) is 15.1. The second-order valence-corrected chi connectivity index (χ2v) is 6.72. The van der Waals surface area contributed by atoms with E-state index in [0.29, 0.717) is 10.4 Å². The van der Waals surface area contributed by atoms with E-state index >= 15 is 0 Å². The van der Waals surface area contributed by atoms with E-state index in [2.05, 4.69) is 22.6 Å². The Bertz CT molecular complexity index is 817. The van der Waals surface area contributed by atoms with Crippen LogP contribution in [-0.2, 0) is 0 Å². The van der Waals surface area contributed by atoms with Crippen LogP contribution in [-0.4, -0.2) is 0 Å². The molecule has 4 heteroatoms. The van der Waals surface area contributed by atoms with Crippen LogP contribution in [0.5, 0.6) is 0 Å². The van der Waals surface area contributed by atoms with Gasteiger partial charge in [-0.15, -0.1) is 11.6 Å². The predicted molar refractivity (Wildman–Crippen MR) is 95.8 cm³/mol. The molecule has 0 fully saturated rings. The number of halogens is 4. The molecule has 0 aliphatic heterocycles. The predicted octanol–water partition coefficient (Wildman–Crippen LogP) is 6.57. The summed E-state index contributed by atoms with van der Waals surface area (Å²) in [6.07, 6.45) is 0. The van der Waals surface area contributed by atoms with E-state index in [9.17, 15) is 4.39 Å². The molecular formula is C17H10Cl2FI. The number of fused-ring (bicyclic) bond motifs is 1. The highest BCUT2D eigenvalue weighted by atomic mass is 127. The van der Waals surface area contributed by atoms with Gasteiger partial charge < -0.3 is 0 Å².